The van der Waals surface area contributed by atoms with Crippen molar-refractivity contribution in [3.05, 3.63) is 197 Å². The highest BCUT2D eigenvalue weighted by atomic mass is 15.1. The normalized spacial score (nSPS) is 10.9. The van der Waals surface area contributed by atoms with Crippen molar-refractivity contribution in [2.24, 2.45) is 0 Å². The lowest BCUT2D eigenvalue weighted by Gasteiger charge is -2.17. The molecule has 0 aliphatic heterocycles. The molecule has 60 heavy (non-hydrogen) atoms. The summed E-state index contributed by atoms with van der Waals surface area (Å²) in [5.74, 6) is 0.639. The second-order valence-corrected chi connectivity index (χ2v) is 14.4. The van der Waals surface area contributed by atoms with Gasteiger partial charge in [-0.3, -0.25) is 4.57 Å². The second kappa shape index (κ2) is 14.0. The average Bonchev–Trinajstić information content (AvgIpc) is 3.82. The van der Waals surface area contributed by atoms with Crippen molar-refractivity contribution in [3.8, 4) is 63.1 Å². The standard InChI is InChI=1S/C52H26N8/c1-56-39-22-38(23-40(26-39)57-2)35-16-18-45-43-12-6-8-14-48(43)60(50(45)25-35)52-27-46(41-10-4-3-9-36(41)30-55)51(31-58-52)59-47-13-7-5-11-42(47)44-17-15-34(24-49(44)59)37-20-32(28-53)19-33(21-37)29-54/h3-27,31H. The van der Waals surface area contributed by atoms with Gasteiger partial charge in [0.1, 0.15) is 5.82 Å². The summed E-state index contributed by atoms with van der Waals surface area (Å²) < 4.78 is 4.31. The number of nitrogens with zero attached hydrogens (tertiary/aromatic N) is 8. The number of nitriles is 3. The Morgan fingerprint density at radius 1 is 0.450 bits per heavy atom. The van der Waals surface area contributed by atoms with E-state index >= 15 is 0 Å². The molecule has 274 valence electrons. The van der Waals surface area contributed by atoms with Crippen LogP contribution in [0.15, 0.2) is 158 Å². The third-order valence-corrected chi connectivity index (χ3v) is 11.0. The van der Waals surface area contributed by atoms with Gasteiger partial charge in [-0.1, -0.05) is 97.1 Å². The van der Waals surface area contributed by atoms with Crippen LogP contribution in [0, 0.1) is 47.1 Å². The molecule has 10 rings (SSSR count). The zero-order chi connectivity index (χ0) is 40.9. The number of fused-ring (bicyclic) bond motifs is 6. The highest BCUT2D eigenvalue weighted by Crippen LogP contribution is 2.41. The maximum Gasteiger partial charge on any atom is 0.177 e. The van der Waals surface area contributed by atoms with Crippen LogP contribution >= 0.6 is 0 Å². The van der Waals surface area contributed by atoms with E-state index in [1.165, 1.54) is 0 Å². The predicted octanol–water partition coefficient (Wildman–Crippen LogP) is 13.0. The lowest BCUT2D eigenvalue weighted by atomic mass is 9.98. The lowest BCUT2D eigenvalue weighted by molar-refractivity contribution is 1.06. The van der Waals surface area contributed by atoms with Gasteiger partial charge in [0, 0.05) is 32.7 Å². The van der Waals surface area contributed by atoms with E-state index in [0.29, 0.717) is 33.9 Å². The van der Waals surface area contributed by atoms with Gasteiger partial charge in [0.15, 0.2) is 11.4 Å². The van der Waals surface area contributed by atoms with E-state index in [0.717, 1.165) is 82.7 Å². The van der Waals surface area contributed by atoms with Crippen molar-refractivity contribution in [2.45, 2.75) is 0 Å². The first kappa shape index (κ1) is 35.2. The molecule has 0 N–H and O–H groups in total. The van der Waals surface area contributed by atoms with Crippen LogP contribution in [-0.4, -0.2) is 14.1 Å². The molecule has 0 unspecified atom stereocenters. The van der Waals surface area contributed by atoms with Crippen molar-refractivity contribution in [1.29, 1.82) is 15.8 Å². The monoisotopic (exact) mass is 762 g/mol. The number of para-hydroxylation sites is 2. The van der Waals surface area contributed by atoms with E-state index in [1.807, 2.05) is 72.9 Å². The molecule has 0 spiro atoms. The Morgan fingerprint density at radius 2 is 0.983 bits per heavy atom. The minimum absolute atomic E-state index is 0.400. The summed E-state index contributed by atoms with van der Waals surface area (Å²) in [6.45, 7) is 15.3. The molecule has 10 aromatic rings. The summed E-state index contributed by atoms with van der Waals surface area (Å²) in [5.41, 5.74) is 11.3. The largest absolute Gasteiger partial charge is 0.307 e. The summed E-state index contributed by atoms with van der Waals surface area (Å²) in [6.07, 6.45) is 1.87. The Balaban J connectivity index is 1.26. The fourth-order valence-electron chi connectivity index (χ4n) is 8.39. The van der Waals surface area contributed by atoms with Crippen molar-refractivity contribution >= 4 is 55.0 Å². The maximum absolute atomic E-state index is 10.5. The third kappa shape index (κ3) is 5.61. The first-order valence-electron chi connectivity index (χ1n) is 18.9. The fourth-order valence-corrected chi connectivity index (χ4v) is 8.39. The molecule has 8 nitrogen and oxygen atoms in total. The molecule has 0 fully saturated rings. The number of hydrogen-bond donors (Lipinski definition) is 0. The molecule has 3 aromatic heterocycles. The summed E-state index contributed by atoms with van der Waals surface area (Å²) in [5, 5.41) is 34.1. The SMILES string of the molecule is [C-]#[N+]c1cc([N+]#[C-])cc(-c2ccc3c4ccccc4n(-c4cc(-c5ccccc5C#N)c(-n5c6ccccc6c6ccc(-c7cc(C#N)cc(C#N)c7)cc65)cn4)c3c2)c1. The molecule has 8 heteroatoms. The molecule has 0 aliphatic carbocycles. The number of hydrogen-bond acceptors (Lipinski definition) is 4. The summed E-state index contributed by atoms with van der Waals surface area (Å²) in [4.78, 5) is 12.5. The number of pyridine rings is 1. The Kier molecular flexibility index (Phi) is 8.23. The van der Waals surface area contributed by atoms with Crippen LogP contribution in [-0.2, 0) is 0 Å². The summed E-state index contributed by atoms with van der Waals surface area (Å²) in [6, 6.07) is 55.5. The Labute approximate surface area is 344 Å². The molecule has 0 saturated heterocycles. The van der Waals surface area contributed by atoms with E-state index < -0.39 is 0 Å². The van der Waals surface area contributed by atoms with E-state index in [2.05, 4.69) is 85.6 Å². The summed E-state index contributed by atoms with van der Waals surface area (Å²) in [7, 11) is 0. The minimum atomic E-state index is 0.400. The zero-order valence-electron chi connectivity index (χ0n) is 31.6. The van der Waals surface area contributed by atoms with Gasteiger partial charge in [-0.15, -0.1) is 0 Å². The molecule has 0 saturated carbocycles. The van der Waals surface area contributed by atoms with Gasteiger partial charge in [-0.2, -0.15) is 15.8 Å². The number of rotatable bonds is 5. The first-order valence-corrected chi connectivity index (χ1v) is 18.9. The molecular weight excluding hydrogens is 737 g/mol. The Bertz CT molecular complexity index is 3620. The van der Waals surface area contributed by atoms with Gasteiger partial charge in [0.2, 0.25) is 0 Å². The second-order valence-electron chi connectivity index (χ2n) is 14.4. The van der Waals surface area contributed by atoms with E-state index in [1.54, 1.807) is 36.4 Å². The molecule has 0 amide bonds. The molecule has 0 radical (unpaired) electrons. The molecule has 3 heterocycles. The average molecular weight is 763 g/mol. The fraction of sp³-hybridized carbons (Fsp3) is 0. The van der Waals surface area contributed by atoms with Crippen molar-refractivity contribution in [3.63, 3.8) is 0 Å². The van der Waals surface area contributed by atoms with Gasteiger partial charge in [0.05, 0.1) is 82.0 Å². The van der Waals surface area contributed by atoms with Gasteiger partial charge in [0.25, 0.3) is 0 Å². The van der Waals surface area contributed by atoms with Gasteiger partial charge >= 0.3 is 0 Å². The van der Waals surface area contributed by atoms with Gasteiger partial charge < -0.3 is 4.57 Å². The van der Waals surface area contributed by atoms with E-state index in [9.17, 15) is 15.8 Å². The van der Waals surface area contributed by atoms with Crippen LogP contribution < -0.4 is 0 Å². The Morgan fingerprint density at radius 3 is 1.58 bits per heavy atom. The zero-order valence-corrected chi connectivity index (χ0v) is 31.6. The number of benzene rings is 7. The van der Waals surface area contributed by atoms with E-state index in [-0.39, 0.29) is 0 Å². The van der Waals surface area contributed by atoms with Crippen molar-refractivity contribution in [1.82, 2.24) is 14.1 Å². The van der Waals surface area contributed by atoms with Gasteiger partial charge in [-0.25, -0.2) is 14.7 Å². The molecular formula is C52H26N8. The van der Waals surface area contributed by atoms with Crippen LogP contribution in [0.4, 0.5) is 11.4 Å². The van der Waals surface area contributed by atoms with Crippen LogP contribution in [0.25, 0.3) is 98.2 Å². The maximum atomic E-state index is 10.5. The van der Waals surface area contributed by atoms with Crippen LogP contribution in [0.2, 0.25) is 0 Å². The molecule has 0 bridgehead atoms. The van der Waals surface area contributed by atoms with Crippen LogP contribution in [0.1, 0.15) is 16.7 Å². The first-order chi connectivity index (χ1) is 29.5. The highest BCUT2D eigenvalue weighted by Gasteiger charge is 2.22. The van der Waals surface area contributed by atoms with E-state index in [4.69, 9.17) is 18.1 Å². The van der Waals surface area contributed by atoms with Crippen molar-refractivity contribution in [2.75, 3.05) is 0 Å². The van der Waals surface area contributed by atoms with Crippen LogP contribution in [0.5, 0.6) is 0 Å². The lowest BCUT2D eigenvalue weighted by Crippen LogP contribution is -2.04. The predicted molar refractivity (Wildman–Crippen MR) is 236 cm³/mol. The molecule has 7 aromatic carbocycles. The molecule has 0 aliphatic rings. The molecule has 0 atom stereocenters. The third-order valence-electron chi connectivity index (χ3n) is 11.0. The minimum Gasteiger partial charge on any atom is -0.307 e. The topological polar surface area (TPSA) is 103 Å². The highest BCUT2D eigenvalue weighted by molar-refractivity contribution is 6.12. The number of aromatic nitrogens is 3. The Hall–Kier alpha value is -9.26. The van der Waals surface area contributed by atoms with Crippen molar-refractivity contribution < 1.29 is 0 Å². The summed E-state index contributed by atoms with van der Waals surface area (Å²) >= 11 is 0. The smallest absolute Gasteiger partial charge is 0.177 e. The quantitative estimate of drug-likeness (QED) is 0.163. The van der Waals surface area contributed by atoms with Gasteiger partial charge in [-0.05, 0) is 76.9 Å². The van der Waals surface area contributed by atoms with Crippen LogP contribution in [0.3, 0.4) is 0 Å².